The summed E-state index contributed by atoms with van der Waals surface area (Å²) in [5.41, 5.74) is 0.796. The first kappa shape index (κ1) is 14.2. The van der Waals surface area contributed by atoms with Gasteiger partial charge in [0.1, 0.15) is 5.82 Å². The Labute approximate surface area is 110 Å². The van der Waals surface area contributed by atoms with Crippen molar-refractivity contribution in [3.63, 3.8) is 0 Å². The lowest BCUT2D eigenvalue weighted by Gasteiger charge is -2.22. The fourth-order valence-electron chi connectivity index (χ4n) is 1.48. The van der Waals surface area contributed by atoms with E-state index in [-0.39, 0.29) is 22.5 Å². The second-order valence-electron chi connectivity index (χ2n) is 4.47. The smallest absolute Gasteiger partial charge is 0.236 e. The molecular weight excluding hydrogens is 285 g/mol. The molecule has 0 aliphatic rings. The van der Waals surface area contributed by atoms with Crippen LogP contribution < -0.4 is 0 Å². The van der Waals surface area contributed by atoms with Crippen LogP contribution in [0.2, 0.25) is 0 Å². The van der Waals surface area contributed by atoms with Gasteiger partial charge in [-0.25, -0.2) is 4.39 Å². The average molecular weight is 302 g/mol. The molecule has 0 aliphatic heterocycles. The minimum Gasteiger partial charge on any atom is -0.340 e. The van der Waals surface area contributed by atoms with E-state index in [1.54, 1.807) is 18.0 Å². The zero-order chi connectivity index (χ0) is 13.0. The molecule has 1 atom stereocenters. The highest BCUT2D eigenvalue weighted by atomic mass is 79.9. The third-order valence-corrected chi connectivity index (χ3v) is 3.96. The van der Waals surface area contributed by atoms with E-state index < -0.39 is 0 Å². The van der Waals surface area contributed by atoms with Gasteiger partial charge in [-0.05, 0) is 23.6 Å². The van der Waals surface area contributed by atoms with Crippen LogP contribution in [0.5, 0.6) is 0 Å². The van der Waals surface area contributed by atoms with E-state index in [1.165, 1.54) is 12.1 Å². The first-order valence-corrected chi connectivity index (χ1v) is 6.47. The van der Waals surface area contributed by atoms with Crippen LogP contribution in [0.3, 0.4) is 0 Å². The molecule has 0 fully saturated rings. The first-order chi connectivity index (χ1) is 7.91. The topological polar surface area (TPSA) is 20.3 Å². The first-order valence-electron chi connectivity index (χ1n) is 5.55. The van der Waals surface area contributed by atoms with Crippen LogP contribution in [0.25, 0.3) is 0 Å². The number of carbonyl (C=O) groups is 1. The molecule has 0 saturated heterocycles. The molecule has 0 aliphatic carbocycles. The Morgan fingerprint density at radius 1 is 1.47 bits per heavy atom. The van der Waals surface area contributed by atoms with E-state index >= 15 is 0 Å². The van der Waals surface area contributed by atoms with Crippen LogP contribution >= 0.6 is 15.9 Å². The molecule has 1 unspecified atom stereocenters. The van der Waals surface area contributed by atoms with Gasteiger partial charge in [-0.15, -0.1) is 0 Å². The van der Waals surface area contributed by atoms with Crippen molar-refractivity contribution in [1.29, 1.82) is 0 Å². The molecule has 94 valence electrons. The lowest BCUT2D eigenvalue weighted by atomic mass is 10.1. The predicted molar refractivity (Wildman–Crippen MR) is 70.4 cm³/mol. The van der Waals surface area contributed by atoms with E-state index in [9.17, 15) is 9.18 Å². The molecule has 0 heterocycles. The van der Waals surface area contributed by atoms with Crippen LogP contribution in [0.15, 0.2) is 24.3 Å². The van der Waals surface area contributed by atoms with E-state index in [0.717, 1.165) is 5.56 Å². The number of amides is 1. The third-order valence-electron chi connectivity index (χ3n) is 2.51. The molecule has 4 heteroatoms. The number of hydrogen-bond acceptors (Lipinski definition) is 1. The Kier molecular flexibility index (Phi) is 5.12. The van der Waals surface area contributed by atoms with Gasteiger partial charge in [0.05, 0.1) is 4.83 Å². The highest BCUT2D eigenvalue weighted by molar-refractivity contribution is 9.10. The summed E-state index contributed by atoms with van der Waals surface area (Å²) in [6, 6.07) is 6.30. The van der Waals surface area contributed by atoms with Crippen LogP contribution in [0.4, 0.5) is 4.39 Å². The maximum Gasteiger partial charge on any atom is 0.236 e. The van der Waals surface area contributed by atoms with Gasteiger partial charge in [0.15, 0.2) is 0 Å². The van der Waals surface area contributed by atoms with Gasteiger partial charge in [-0.3, -0.25) is 4.79 Å². The maximum atomic E-state index is 13.0. The Balaban J connectivity index is 2.66. The lowest BCUT2D eigenvalue weighted by Crippen LogP contribution is -2.35. The summed E-state index contributed by atoms with van der Waals surface area (Å²) in [4.78, 5) is 13.4. The molecule has 0 bridgehead atoms. The highest BCUT2D eigenvalue weighted by Crippen LogP contribution is 2.16. The normalized spacial score (nSPS) is 12.6. The number of rotatable bonds is 4. The quantitative estimate of drug-likeness (QED) is 0.782. The predicted octanol–water partition coefficient (Wildman–Crippen LogP) is 3.20. The average Bonchev–Trinajstić information content (AvgIpc) is 2.26. The van der Waals surface area contributed by atoms with Crippen LogP contribution in [-0.2, 0) is 11.3 Å². The molecule has 1 amide bonds. The number of alkyl halides is 1. The Bertz CT molecular complexity index is 395. The molecule has 2 nitrogen and oxygen atoms in total. The number of carbonyl (C=O) groups excluding carboxylic acids is 1. The van der Waals surface area contributed by atoms with Crippen molar-refractivity contribution < 1.29 is 9.18 Å². The van der Waals surface area contributed by atoms with Crippen LogP contribution in [0.1, 0.15) is 19.4 Å². The number of halogens is 2. The summed E-state index contributed by atoms with van der Waals surface area (Å²) < 4.78 is 13.0. The molecule has 0 spiro atoms. The van der Waals surface area contributed by atoms with Gasteiger partial charge in [0.2, 0.25) is 5.91 Å². The zero-order valence-electron chi connectivity index (χ0n) is 10.3. The highest BCUT2D eigenvalue weighted by Gasteiger charge is 2.22. The number of nitrogens with zero attached hydrogens (tertiary/aromatic N) is 1. The minimum absolute atomic E-state index is 0.0178. The van der Waals surface area contributed by atoms with Gasteiger partial charge in [0.25, 0.3) is 0 Å². The van der Waals surface area contributed by atoms with Crippen molar-refractivity contribution in [2.24, 2.45) is 5.92 Å². The maximum absolute atomic E-state index is 13.0. The van der Waals surface area contributed by atoms with E-state index in [0.29, 0.717) is 6.54 Å². The largest absolute Gasteiger partial charge is 0.340 e. The standard InChI is InChI=1S/C13H17BrFNO/c1-9(2)12(14)13(17)16(3)8-10-5-4-6-11(15)7-10/h4-7,9,12H,8H2,1-3H3. The monoisotopic (exact) mass is 301 g/mol. The summed E-state index contributed by atoms with van der Waals surface area (Å²) in [6.07, 6.45) is 0. The minimum atomic E-state index is -0.275. The molecule has 1 rings (SSSR count). The fraction of sp³-hybridized carbons (Fsp3) is 0.462. The summed E-state index contributed by atoms with van der Waals surface area (Å²) >= 11 is 3.37. The second-order valence-corrected chi connectivity index (χ2v) is 5.46. The number of hydrogen-bond donors (Lipinski definition) is 0. The molecular formula is C13H17BrFNO. The van der Waals surface area contributed by atoms with Crippen molar-refractivity contribution in [3.8, 4) is 0 Å². The molecule has 0 saturated carbocycles. The molecule has 1 aromatic carbocycles. The van der Waals surface area contributed by atoms with E-state index in [1.807, 2.05) is 19.9 Å². The zero-order valence-corrected chi connectivity index (χ0v) is 11.9. The van der Waals surface area contributed by atoms with Crippen molar-refractivity contribution >= 4 is 21.8 Å². The molecule has 17 heavy (non-hydrogen) atoms. The van der Waals surface area contributed by atoms with Gasteiger partial charge >= 0.3 is 0 Å². The van der Waals surface area contributed by atoms with Crippen molar-refractivity contribution in [2.75, 3.05) is 7.05 Å². The van der Waals surface area contributed by atoms with Crippen LogP contribution in [0, 0.1) is 11.7 Å². The van der Waals surface area contributed by atoms with Crippen molar-refractivity contribution in [1.82, 2.24) is 4.90 Å². The van der Waals surface area contributed by atoms with Gasteiger partial charge in [-0.1, -0.05) is 41.9 Å². The van der Waals surface area contributed by atoms with E-state index in [4.69, 9.17) is 0 Å². The summed E-state index contributed by atoms with van der Waals surface area (Å²) in [5.74, 6) is -0.0238. The Morgan fingerprint density at radius 2 is 2.12 bits per heavy atom. The van der Waals surface area contributed by atoms with Gasteiger partial charge in [-0.2, -0.15) is 0 Å². The fourth-order valence-corrected chi connectivity index (χ4v) is 1.83. The Morgan fingerprint density at radius 3 is 2.65 bits per heavy atom. The summed E-state index contributed by atoms with van der Waals surface area (Å²) in [5, 5.41) is 0. The van der Waals surface area contributed by atoms with Gasteiger partial charge < -0.3 is 4.90 Å². The molecule has 0 N–H and O–H groups in total. The molecule has 0 aromatic heterocycles. The molecule has 1 aromatic rings. The third kappa shape index (κ3) is 4.11. The lowest BCUT2D eigenvalue weighted by molar-refractivity contribution is -0.130. The number of benzene rings is 1. The SMILES string of the molecule is CC(C)C(Br)C(=O)N(C)Cc1cccc(F)c1. The van der Waals surface area contributed by atoms with Crippen molar-refractivity contribution in [3.05, 3.63) is 35.6 Å². The molecule has 0 radical (unpaired) electrons. The van der Waals surface area contributed by atoms with Crippen molar-refractivity contribution in [2.45, 2.75) is 25.2 Å². The van der Waals surface area contributed by atoms with Crippen LogP contribution in [-0.4, -0.2) is 22.7 Å². The van der Waals surface area contributed by atoms with Gasteiger partial charge in [0, 0.05) is 13.6 Å². The summed E-state index contributed by atoms with van der Waals surface area (Å²) in [7, 11) is 1.73. The Hall–Kier alpha value is -0.900. The van der Waals surface area contributed by atoms with E-state index in [2.05, 4.69) is 15.9 Å². The summed E-state index contributed by atoms with van der Waals surface area (Å²) in [6.45, 7) is 4.38. The second kappa shape index (κ2) is 6.15.